The standard InChI is InChI=1S/C19H23ClN4/c1-21-18(22-12-9-15-7-8-17(20)23-13-15)24-14-19(10-11-19)16-5-3-2-4-6-16/h2-8,13H,9-12,14H2,1H3,(H2,21,22,24). The first-order chi connectivity index (χ1) is 11.7. The maximum atomic E-state index is 5.80. The van der Waals surface area contributed by atoms with E-state index in [1.165, 1.54) is 18.4 Å². The third kappa shape index (κ3) is 4.26. The van der Waals surface area contributed by atoms with E-state index in [0.29, 0.717) is 5.15 Å². The van der Waals surface area contributed by atoms with Crippen molar-refractivity contribution in [2.45, 2.75) is 24.7 Å². The van der Waals surface area contributed by atoms with Gasteiger partial charge in [-0.3, -0.25) is 4.99 Å². The van der Waals surface area contributed by atoms with Crippen LogP contribution in [0.1, 0.15) is 24.0 Å². The molecule has 3 rings (SSSR count). The van der Waals surface area contributed by atoms with Gasteiger partial charge in [-0.15, -0.1) is 0 Å². The number of hydrogen-bond donors (Lipinski definition) is 2. The SMILES string of the molecule is CN=C(NCCc1ccc(Cl)nc1)NCC1(c2ccccc2)CC1. The van der Waals surface area contributed by atoms with Crippen LogP contribution in [-0.2, 0) is 11.8 Å². The van der Waals surface area contributed by atoms with Crippen molar-refractivity contribution in [3.05, 3.63) is 64.9 Å². The molecule has 1 aliphatic carbocycles. The number of halogens is 1. The number of aliphatic imine (C=N–C) groups is 1. The van der Waals surface area contributed by atoms with E-state index in [1.54, 1.807) is 7.05 Å². The maximum absolute atomic E-state index is 5.80. The lowest BCUT2D eigenvalue weighted by atomic mass is 9.96. The van der Waals surface area contributed by atoms with E-state index in [4.69, 9.17) is 11.6 Å². The summed E-state index contributed by atoms with van der Waals surface area (Å²) < 4.78 is 0. The van der Waals surface area contributed by atoms with Crippen molar-refractivity contribution in [2.24, 2.45) is 4.99 Å². The molecular formula is C19H23ClN4. The Morgan fingerprint density at radius 3 is 2.58 bits per heavy atom. The van der Waals surface area contributed by atoms with Crippen LogP contribution in [0.25, 0.3) is 0 Å². The van der Waals surface area contributed by atoms with E-state index >= 15 is 0 Å². The summed E-state index contributed by atoms with van der Waals surface area (Å²) in [6.07, 6.45) is 5.17. The van der Waals surface area contributed by atoms with Crippen LogP contribution < -0.4 is 10.6 Å². The number of pyridine rings is 1. The predicted octanol–water partition coefficient (Wildman–Crippen LogP) is 3.17. The summed E-state index contributed by atoms with van der Waals surface area (Å²) >= 11 is 5.80. The van der Waals surface area contributed by atoms with Gasteiger partial charge >= 0.3 is 0 Å². The molecule has 0 amide bonds. The zero-order valence-corrected chi connectivity index (χ0v) is 14.7. The molecule has 2 N–H and O–H groups in total. The van der Waals surface area contributed by atoms with E-state index in [9.17, 15) is 0 Å². The molecule has 1 aromatic carbocycles. The average molecular weight is 343 g/mol. The number of aromatic nitrogens is 1. The molecule has 0 saturated heterocycles. The summed E-state index contributed by atoms with van der Waals surface area (Å²) in [7, 11) is 1.81. The van der Waals surface area contributed by atoms with E-state index < -0.39 is 0 Å². The molecule has 5 heteroatoms. The molecule has 4 nitrogen and oxygen atoms in total. The summed E-state index contributed by atoms with van der Waals surface area (Å²) in [5.41, 5.74) is 2.85. The molecular weight excluding hydrogens is 320 g/mol. The van der Waals surface area contributed by atoms with Gasteiger partial charge in [0.25, 0.3) is 0 Å². The summed E-state index contributed by atoms with van der Waals surface area (Å²) in [5.74, 6) is 0.846. The van der Waals surface area contributed by atoms with Crippen molar-refractivity contribution < 1.29 is 0 Å². The molecule has 1 aliphatic rings. The lowest BCUT2D eigenvalue weighted by Gasteiger charge is -2.19. The Balaban J connectivity index is 1.46. The highest BCUT2D eigenvalue weighted by atomic mass is 35.5. The van der Waals surface area contributed by atoms with Crippen LogP contribution in [0.4, 0.5) is 0 Å². The highest BCUT2D eigenvalue weighted by Gasteiger charge is 2.43. The summed E-state index contributed by atoms with van der Waals surface area (Å²) in [4.78, 5) is 8.41. The van der Waals surface area contributed by atoms with Gasteiger partial charge < -0.3 is 10.6 Å². The summed E-state index contributed by atoms with van der Waals surface area (Å²) in [5, 5.41) is 7.36. The maximum Gasteiger partial charge on any atom is 0.191 e. The van der Waals surface area contributed by atoms with Crippen molar-refractivity contribution in [1.29, 1.82) is 0 Å². The van der Waals surface area contributed by atoms with Gasteiger partial charge in [-0.25, -0.2) is 4.98 Å². The molecule has 0 atom stereocenters. The highest BCUT2D eigenvalue weighted by molar-refractivity contribution is 6.29. The van der Waals surface area contributed by atoms with Crippen LogP contribution in [0.3, 0.4) is 0 Å². The van der Waals surface area contributed by atoms with Gasteiger partial charge in [-0.05, 0) is 36.5 Å². The Kier molecular flexibility index (Phi) is 5.36. The van der Waals surface area contributed by atoms with E-state index in [0.717, 1.165) is 31.0 Å². The Morgan fingerprint density at radius 1 is 1.17 bits per heavy atom. The van der Waals surface area contributed by atoms with E-state index in [1.807, 2.05) is 18.3 Å². The minimum absolute atomic E-state index is 0.277. The lowest BCUT2D eigenvalue weighted by Crippen LogP contribution is -2.41. The fourth-order valence-corrected chi connectivity index (χ4v) is 2.97. The molecule has 1 aromatic heterocycles. The molecule has 0 unspecified atom stereocenters. The topological polar surface area (TPSA) is 49.3 Å². The lowest BCUT2D eigenvalue weighted by molar-refractivity contribution is 0.645. The van der Waals surface area contributed by atoms with Crippen LogP contribution in [0.5, 0.6) is 0 Å². The number of nitrogens with one attached hydrogen (secondary N) is 2. The van der Waals surface area contributed by atoms with E-state index in [-0.39, 0.29) is 5.41 Å². The van der Waals surface area contributed by atoms with Crippen LogP contribution in [0.15, 0.2) is 53.7 Å². The Labute approximate surface area is 148 Å². The Hall–Kier alpha value is -2.07. The van der Waals surface area contributed by atoms with Crippen LogP contribution in [0.2, 0.25) is 5.15 Å². The van der Waals surface area contributed by atoms with Gasteiger partial charge in [0, 0.05) is 31.7 Å². The summed E-state index contributed by atoms with van der Waals surface area (Å²) in [6, 6.07) is 14.6. The fourth-order valence-electron chi connectivity index (χ4n) is 2.86. The smallest absolute Gasteiger partial charge is 0.191 e. The monoisotopic (exact) mass is 342 g/mol. The molecule has 1 heterocycles. The minimum atomic E-state index is 0.277. The molecule has 1 saturated carbocycles. The zero-order valence-electron chi connectivity index (χ0n) is 13.9. The Bertz CT molecular complexity index is 678. The van der Waals surface area contributed by atoms with Gasteiger partial charge in [0.1, 0.15) is 5.15 Å². The molecule has 126 valence electrons. The second kappa shape index (κ2) is 7.67. The van der Waals surface area contributed by atoms with Crippen molar-refractivity contribution in [3.63, 3.8) is 0 Å². The minimum Gasteiger partial charge on any atom is -0.356 e. The zero-order chi connectivity index (χ0) is 16.8. The molecule has 0 aliphatic heterocycles. The van der Waals surface area contributed by atoms with Crippen molar-refractivity contribution in [3.8, 4) is 0 Å². The fraction of sp³-hybridized carbons (Fsp3) is 0.368. The molecule has 24 heavy (non-hydrogen) atoms. The predicted molar refractivity (Wildman–Crippen MR) is 99.7 cm³/mol. The number of guanidine groups is 1. The van der Waals surface area contributed by atoms with Gasteiger partial charge in [-0.1, -0.05) is 48.0 Å². The molecule has 0 radical (unpaired) electrons. The largest absolute Gasteiger partial charge is 0.356 e. The highest BCUT2D eigenvalue weighted by Crippen LogP contribution is 2.47. The molecule has 0 spiro atoms. The van der Waals surface area contributed by atoms with Crippen LogP contribution in [0, 0.1) is 0 Å². The first kappa shape index (κ1) is 16.8. The van der Waals surface area contributed by atoms with Crippen molar-refractivity contribution >= 4 is 17.6 Å². The second-order valence-corrected chi connectivity index (χ2v) is 6.63. The summed E-state index contributed by atoms with van der Waals surface area (Å²) in [6.45, 7) is 1.72. The first-order valence-electron chi connectivity index (χ1n) is 8.32. The number of nitrogens with zero attached hydrogens (tertiary/aromatic N) is 2. The number of benzene rings is 1. The molecule has 1 fully saturated rings. The second-order valence-electron chi connectivity index (χ2n) is 6.24. The van der Waals surface area contributed by atoms with Gasteiger partial charge in [0.05, 0.1) is 0 Å². The molecule has 2 aromatic rings. The number of rotatable bonds is 6. The van der Waals surface area contributed by atoms with Crippen molar-refractivity contribution in [2.75, 3.05) is 20.1 Å². The first-order valence-corrected chi connectivity index (χ1v) is 8.70. The van der Waals surface area contributed by atoms with Crippen molar-refractivity contribution in [1.82, 2.24) is 15.6 Å². The van der Waals surface area contributed by atoms with Gasteiger partial charge in [-0.2, -0.15) is 0 Å². The third-order valence-corrected chi connectivity index (χ3v) is 4.78. The third-order valence-electron chi connectivity index (χ3n) is 4.55. The molecule has 0 bridgehead atoms. The van der Waals surface area contributed by atoms with Gasteiger partial charge in [0.15, 0.2) is 5.96 Å². The van der Waals surface area contributed by atoms with Crippen LogP contribution >= 0.6 is 11.6 Å². The Morgan fingerprint density at radius 2 is 1.96 bits per heavy atom. The quantitative estimate of drug-likeness (QED) is 0.481. The number of hydrogen-bond acceptors (Lipinski definition) is 2. The average Bonchev–Trinajstić information content (AvgIpc) is 3.41. The van der Waals surface area contributed by atoms with Crippen LogP contribution in [-0.4, -0.2) is 31.1 Å². The van der Waals surface area contributed by atoms with E-state index in [2.05, 4.69) is 50.9 Å². The van der Waals surface area contributed by atoms with Gasteiger partial charge in [0.2, 0.25) is 0 Å². The normalized spacial score (nSPS) is 15.8.